The first kappa shape index (κ1) is 16.4. The van der Waals surface area contributed by atoms with Crippen molar-refractivity contribution in [1.82, 2.24) is 10.2 Å². The lowest BCUT2D eigenvalue weighted by molar-refractivity contribution is -0.384. The van der Waals surface area contributed by atoms with Gasteiger partial charge in [-0.25, -0.2) is 0 Å². The molecule has 0 atom stereocenters. The second-order valence-corrected chi connectivity index (χ2v) is 5.77. The van der Waals surface area contributed by atoms with Gasteiger partial charge in [-0.15, -0.1) is 0 Å². The summed E-state index contributed by atoms with van der Waals surface area (Å²) in [5.74, 6) is 0.268. The van der Waals surface area contributed by atoms with Gasteiger partial charge in [-0.05, 0) is 37.9 Å². The lowest BCUT2D eigenvalue weighted by Gasteiger charge is -2.31. The van der Waals surface area contributed by atoms with Crippen LogP contribution >= 0.6 is 0 Å². The Balaban J connectivity index is 1.83. The van der Waals surface area contributed by atoms with Gasteiger partial charge >= 0.3 is 0 Å². The van der Waals surface area contributed by atoms with Gasteiger partial charge in [0.25, 0.3) is 5.69 Å². The third kappa shape index (κ3) is 4.53. The summed E-state index contributed by atoms with van der Waals surface area (Å²) in [6, 6.07) is 6.76. The molecule has 1 aliphatic heterocycles. The number of non-ortho nitro benzene ring substituents is 1. The molecule has 0 aliphatic carbocycles. The van der Waals surface area contributed by atoms with Crippen molar-refractivity contribution in [2.24, 2.45) is 5.92 Å². The molecule has 1 heterocycles. The van der Waals surface area contributed by atoms with Crippen LogP contribution in [-0.2, 0) is 11.3 Å². The molecule has 1 N–H and O–H groups in total. The minimum Gasteiger partial charge on any atom is -0.356 e. The second kappa shape index (κ2) is 7.89. The van der Waals surface area contributed by atoms with Crippen molar-refractivity contribution in [3.63, 3.8) is 0 Å². The average Bonchev–Trinajstić information content (AvgIpc) is 2.53. The van der Waals surface area contributed by atoms with Crippen LogP contribution in [0.2, 0.25) is 0 Å². The lowest BCUT2D eigenvalue weighted by Crippen LogP contribution is -2.40. The number of rotatable bonds is 6. The van der Waals surface area contributed by atoms with Gasteiger partial charge in [0.05, 0.1) is 4.92 Å². The zero-order valence-corrected chi connectivity index (χ0v) is 13.0. The van der Waals surface area contributed by atoms with Crippen LogP contribution in [-0.4, -0.2) is 35.4 Å². The number of carbonyl (C=O) groups is 1. The molecule has 1 saturated heterocycles. The first-order valence-corrected chi connectivity index (χ1v) is 7.83. The summed E-state index contributed by atoms with van der Waals surface area (Å²) in [6.07, 6.45) is 2.66. The Kier molecular flexibility index (Phi) is 5.89. The number of hydrogen-bond acceptors (Lipinski definition) is 4. The van der Waals surface area contributed by atoms with E-state index in [1.54, 1.807) is 12.1 Å². The highest BCUT2D eigenvalue weighted by Crippen LogP contribution is 2.20. The van der Waals surface area contributed by atoms with Crippen LogP contribution < -0.4 is 5.32 Å². The van der Waals surface area contributed by atoms with Gasteiger partial charge in [0.2, 0.25) is 5.91 Å². The highest BCUT2D eigenvalue weighted by atomic mass is 16.6. The molecule has 0 saturated carbocycles. The smallest absolute Gasteiger partial charge is 0.269 e. The maximum Gasteiger partial charge on any atom is 0.269 e. The van der Waals surface area contributed by atoms with Crippen molar-refractivity contribution in [1.29, 1.82) is 0 Å². The minimum absolute atomic E-state index is 0.105. The SMILES string of the molecule is CCCNC(=O)C1CCN(Cc2cccc([N+](=O)[O-])c2)CC1. The Morgan fingerprint density at radius 1 is 1.41 bits per heavy atom. The normalized spacial score (nSPS) is 16.4. The third-order valence-corrected chi connectivity index (χ3v) is 4.04. The molecule has 1 aromatic carbocycles. The average molecular weight is 305 g/mol. The molecule has 0 bridgehead atoms. The van der Waals surface area contributed by atoms with Gasteiger partial charge < -0.3 is 5.32 Å². The number of nitrogens with one attached hydrogen (secondary N) is 1. The maximum atomic E-state index is 11.9. The van der Waals surface area contributed by atoms with E-state index in [0.717, 1.165) is 44.5 Å². The number of nitro benzene ring substituents is 1. The van der Waals surface area contributed by atoms with Crippen LogP contribution in [0.15, 0.2) is 24.3 Å². The predicted octanol–water partition coefficient (Wildman–Crippen LogP) is 2.33. The fourth-order valence-corrected chi connectivity index (χ4v) is 2.77. The molecule has 1 fully saturated rings. The summed E-state index contributed by atoms with van der Waals surface area (Å²) >= 11 is 0. The van der Waals surface area contributed by atoms with Crippen molar-refractivity contribution in [3.8, 4) is 0 Å². The van der Waals surface area contributed by atoms with Crippen LogP contribution in [0, 0.1) is 16.0 Å². The van der Waals surface area contributed by atoms with Gasteiger partial charge in [0, 0.05) is 31.1 Å². The molecule has 2 rings (SSSR count). The van der Waals surface area contributed by atoms with Crippen molar-refractivity contribution >= 4 is 11.6 Å². The topological polar surface area (TPSA) is 75.5 Å². The molecule has 120 valence electrons. The van der Waals surface area contributed by atoms with E-state index >= 15 is 0 Å². The Labute approximate surface area is 130 Å². The molecule has 1 aliphatic rings. The van der Waals surface area contributed by atoms with Crippen LogP contribution in [0.25, 0.3) is 0 Å². The molecule has 1 amide bonds. The van der Waals surface area contributed by atoms with E-state index in [0.29, 0.717) is 6.54 Å². The zero-order valence-electron chi connectivity index (χ0n) is 13.0. The summed E-state index contributed by atoms with van der Waals surface area (Å²) in [4.78, 5) is 24.6. The van der Waals surface area contributed by atoms with E-state index in [2.05, 4.69) is 10.2 Å². The molecule has 22 heavy (non-hydrogen) atoms. The number of amides is 1. The number of carbonyl (C=O) groups excluding carboxylic acids is 1. The minimum atomic E-state index is -0.367. The standard InChI is InChI=1S/C16H23N3O3/c1-2-8-17-16(20)14-6-9-18(10-7-14)12-13-4-3-5-15(11-13)19(21)22/h3-5,11,14H,2,6-10,12H2,1H3,(H,17,20). The molecule has 1 aromatic rings. The Hall–Kier alpha value is -1.95. The predicted molar refractivity (Wildman–Crippen MR) is 84.4 cm³/mol. The van der Waals surface area contributed by atoms with E-state index in [4.69, 9.17) is 0 Å². The molecule has 6 nitrogen and oxygen atoms in total. The number of likely N-dealkylation sites (tertiary alicyclic amines) is 1. The number of benzene rings is 1. The molecule has 0 radical (unpaired) electrons. The molecular weight excluding hydrogens is 282 g/mol. The van der Waals surface area contributed by atoms with Gasteiger partial charge in [-0.3, -0.25) is 19.8 Å². The van der Waals surface area contributed by atoms with Gasteiger partial charge in [0.1, 0.15) is 0 Å². The maximum absolute atomic E-state index is 11.9. The van der Waals surface area contributed by atoms with Crippen LogP contribution in [0.3, 0.4) is 0 Å². The quantitative estimate of drug-likeness (QED) is 0.646. The summed E-state index contributed by atoms with van der Waals surface area (Å²) in [6.45, 7) is 5.19. The van der Waals surface area contributed by atoms with Gasteiger partial charge in [0.15, 0.2) is 0 Å². The molecular formula is C16H23N3O3. The van der Waals surface area contributed by atoms with Crippen molar-refractivity contribution in [2.75, 3.05) is 19.6 Å². The summed E-state index contributed by atoms with van der Waals surface area (Å²) in [5, 5.41) is 13.8. The fourth-order valence-electron chi connectivity index (χ4n) is 2.77. The van der Waals surface area contributed by atoms with E-state index in [9.17, 15) is 14.9 Å². The van der Waals surface area contributed by atoms with E-state index in [-0.39, 0.29) is 22.4 Å². The van der Waals surface area contributed by atoms with E-state index in [1.165, 1.54) is 6.07 Å². The van der Waals surface area contributed by atoms with Gasteiger partial charge in [-0.1, -0.05) is 19.1 Å². The summed E-state index contributed by atoms with van der Waals surface area (Å²) in [7, 11) is 0. The second-order valence-electron chi connectivity index (χ2n) is 5.77. The summed E-state index contributed by atoms with van der Waals surface area (Å²) in [5.41, 5.74) is 1.08. The number of hydrogen-bond donors (Lipinski definition) is 1. The van der Waals surface area contributed by atoms with Crippen LogP contribution in [0.5, 0.6) is 0 Å². The number of nitro groups is 1. The van der Waals surface area contributed by atoms with E-state index < -0.39 is 0 Å². The van der Waals surface area contributed by atoms with Crippen molar-refractivity contribution in [3.05, 3.63) is 39.9 Å². The Bertz CT molecular complexity index is 525. The Morgan fingerprint density at radius 3 is 2.77 bits per heavy atom. The van der Waals surface area contributed by atoms with Crippen molar-refractivity contribution < 1.29 is 9.72 Å². The number of piperidine rings is 1. The first-order valence-electron chi connectivity index (χ1n) is 7.83. The molecule has 0 unspecified atom stereocenters. The van der Waals surface area contributed by atoms with Crippen LogP contribution in [0.1, 0.15) is 31.7 Å². The van der Waals surface area contributed by atoms with Crippen molar-refractivity contribution in [2.45, 2.75) is 32.7 Å². The fraction of sp³-hybridized carbons (Fsp3) is 0.562. The highest BCUT2D eigenvalue weighted by molar-refractivity contribution is 5.78. The largest absolute Gasteiger partial charge is 0.356 e. The molecule has 6 heteroatoms. The monoisotopic (exact) mass is 305 g/mol. The first-order chi connectivity index (χ1) is 10.6. The molecule has 0 spiro atoms. The zero-order chi connectivity index (χ0) is 15.9. The summed E-state index contributed by atoms with van der Waals surface area (Å²) < 4.78 is 0. The number of nitrogens with zero attached hydrogens (tertiary/aromatic N) is 2. The third-order valence-electron chi connectivity index (χ3n) is 4.04. The van der Waals surface area contributed by atoms with Gasteiger partial charge in [-0.2, -0.15) is 0 Å². The highest BCUT2D eigenvalue weighted by Gasteiger charge is 2.24. The molecule has 0 aromatic heterocycles. The lowest BCUT2D eigenvalue weighted by atomic mass is 9.95. The Morgan fingerprint density at radius 2 is 2.14 bits per heavy atom. The van der Waals surface area contributed by atoms with Crippen LogP contribution in [0.4, 0.5) is 5.69 Å². The van der Waals surface area contributed by atoms with E-state index in [1.807, 2.05) is 13.0 Å².